The summed E-state index contributed by atoms with van der Waals surface area (Å²) in [5, 5.41) is 3.18. The van der Waals surface area contributed by atoms with Gasteiger partial charge in [-0.05, 0) is 26.5 Å². The molecule has 1 heterocycles. The van der Waals surface area contributed by atoms with Gasteiger partial charge in [0.1, 0.15) is 0 Å². The molecule has 116 valence electrons. The Balaban J connectivity index is 2.72. The summed E-state index contributed by atoms with van der Waals surface area (Å²) in [4.78, 5) is 0.289. The maximum atomic E-state index is 12.2. The van der Waals surface area contributed by atoms with Gasteiger partial charge in [-0.2, -0.15) is 0 Å². The minimum Gasteiger partial charge on any atom is -0.377 e. The first-order valence-corrected chi connectivity index (χ1v) is 8.36. The van der Waals surface area contributed by atoms with Crippen LogP contribution in [0.15, 0.2) is 17.2 Å². The molecule has 2 N–H and O–H groups in total. The summed E-state index contributed by atoms with van der Waals surface area (Å²) in [6.07, 6.45) is 1.49. The zero-order valence-electron chi connectivity index (χ0n) is 12.6. The zero-order chi connectivity index (χ0) is 15.2. The van der Waals surface area contributed by atoms with Crippen LogP contribution in [0.2, 0.25) is 0 Å². The molecule has 0 saturated heterocycles. The Hall–Kier alpha value is -0.890. The lowest BCUT2D eigenvalue weighted by Gasteiger charge is -2.12. The van der Waals surface area contributed by atoms with Gasteiger partial charge in [0.25, 0.3) is 0 Å². The van der Waals surface area contributed by atoms with Gasteiger partial charge in [-0.1, -0.05) is 6.92 Å². The molecule has 1 atom stereocenters. The van der Waals surface area contributed by atoms with Crippen LogP contribution in [0.5, 0.6) is 0 Å². The number of nitrogens with one attached hydrogen (secondary N) is 2. The van der Waals surface area contributed by atoms with Crippen LogP contribution in [-0.2, 0) is 28.4 Å². The Morgan fingerprint density at radius 1 is 1.40 bits per heavy atom. The molecule has 0 aliphatic carbocycles. The molecule has 0 radical (unpaired) electrons. The van der Waals surface area contributed by atoms with Gasteiger partial charge in [-0.25, -0.2) is 13.1 Å². The van der Waals surface area contributed by atoms with E-state index in [1.165, 1.54) is 0 Å². The number of hydrogen-bond acceptors (Lipinski definition) is 4. The van der Waals surface area contributed by atoms with E-state index in [4.69, 9.17) is 4.74 Å². The Bertz CT molecular complexity index is 511. The highest BCUT2D eigenvalue weighted by Crippen LogP contribution is 2.13. The van der Waals surface area contributed by atoms with Crippen LogP contribution in [-0.4, -0.2) is 38.8 Å². The fraction of sp³-hybridized carbons (Fsp3) is 0.692. The largest absolute Gasteiger partial charge is 0.377 e. The van der Waals surface area contributed by atoms with Crippen molar-refractivity contribution in [3.8, 4) is 0 Å². The predicted molar refractivity (Wildman–Crippen MR) is 79.1 cm³/mol. The normalized spacial score (nSPS) is 13.6. The van der Waals surface area contributed by atoms with Crippen LogP contribution in [0.1, 0.15) is 26.5 Å². The molecule has 6 nitrogen and oxygen atoms in total. The second-order valence-electron chi connectivity index (χ2n) is 4.68. The zero-order valence-corrected chi connectivity index (χ0v) is 13.5. The average Bonchev–Trinajstić information content (AvgIpc) is 2.77. The lowest BCUT2D eigenvalue weighted by molar-refractivity contribution is 0.0799. The van der Waals surface area contributed by atoms with E-state index in [0.29, 0.717) is 13.2 Å². The number of aromatic nitrogens is 1. The van der Waals surface area contributed by atoms with Crippen molar-refractivity contribution >= 4 is 10.0 Å². The second kappa shape index (κ2) is 7.78. The van der Waals surface area contributed by atoms with Crippen molar-refractivity contribution in [2.75, 3.05) is 19.7 Å². The van der Waals surface area contributed by atoms with E-state index in [1.807, 2.05) is 32.4 Å². The summed E-state index contributed by atoms with van der Waals surface area (Å²) >= 11 is 0. The summed E-state index contributed by atoms with van der Waals surface area (Å²) in [5.74, 6) is 0. The van der Waals surface area contributed by atoms with Gasteiger partial charge in [-0.15, -0.1) is 0 Å². The van der Waals surface area contributed by atoms with E-state index in [0.717, 1.165) is 12.2 Å². The highest BCUT2D eigenvalue weighted by atomic mass is 32.2. The minimum atomic E-state index is -3.48. The molecule has 1 aromatic rings. The van der Waals surface area contributed by atoms with Crippen LogP contribution < -0.4 is 10.0 Å². The third-order valence-electron chi connectivity index (χ3n) is 2.96. The van der Waals surface area contributed by atoms with Crippen molar-refractivity contribution in [2.45, 2.75) is 38.3 Å². The molecule has 20 heavy (non-hydrogen) atoms. The fourth-order valence-corrected chi connectivity index (χ4v) is 3.02. The van der Waals surface area contributed by atoms with E-state index in [2.05, 4.69) is 10.0 Å². The second-order valence-corrected chi connectivity index (χ2v) is 6.44. The maximum Gasteiger partial charge on any atom is 0.242 e. The molecular weight excluding hydrogens is 278 g/mol. The Labute approximate surface area is 121 Å². The van der Waals surface area contributed by atoms with Gasteiger partial charge in [0, 0.05) is 38.6 Å². The molecule has 0 amide bonds. The highest BCUT2D eigenvalue weighted by Gasteiger charge is 2.18. The summed E-state index contributed by atoms with van der Waals surface area (Å²) < 4.78 is 34.1. The summed E-state index contributed by atoms with van der Waals surface area (Å²) in [5.41, 5.74) is 0.935. The van der Waals surface area contributed by atoms with Crippen LogP contribution >= 0.6 is 0 Å². The number of nitrogens with zero attached hydrogens (tertiary/aromatic N) is 1. The first kappa shape index (κ1) is 17.2. The third kappa shape index (κ3) is 4.90. The molecule has 0 aliphatic rings. The predicted octanol–water partition coefficient (Wildman–Crippen LogP) is 0.838. The van der Waals surface area contributed by atoms with Crippen LogP contribution in [0.4, 0.5) is 0 Å². The third-order valence-corrected chi connectivity index (χ3v) is 4.35. The molecular formula is C13H25N3O3S. The van der Waals surface area contributed by atoms with Crippen LogP contribution in [0.25, 0.3) is 0 Å². The van der Waals surface area contributed by atoms with Crippen molar-refractivity contribution in [3.05, 3.63) is 18.0 Å². The van der Waals surface area contributed by atoms with Crippen LogP contribution in [0.3, 0.4) is 0 Å². The van der Waals surface area contributed by atoms with Crippen molar-refractivity contribution in [1.29, 1.82) is 0 Å². The smallest absolute Gasteiger partial charge is 0.242 e. The first-order chi connectivity index (χ1) is 9.40. The molecule has 0 spiro atoms. The molecule has 0 aliphatic heterocycles. The monoisotopic (exact) mass is 303 g/mol. The summed E-state index contributed by atoms with van der Waals surface area (Å²) in [6.45, 7) is 8.07. The van der Waals surface area contributed by atoms with E-state index >= 15 is 0 Å². The van der Waals surface area contributed by atoms with Crippen molar-refractivity contribution in [2.24, 2.45) is 7.05 Å². The number of ether oxygens (including phenoxy) is 1. The maximum absolute atomic E-state index is 12.2. The standard InChI is InChI=1S/C13H25N3O3S/c1-5-14-9-12-7-13(10-16(12)4)20(17,18)15-8-11(3)19-6-2/h7,10-11,14-15H,5-6,8-9H2,1-4H3. The molecule has 0 bridgehead atoms. The van der Waals surface area contributed by atoms with E-state index in [9.17, 15) is 8.42 Å². The summed E-state index contributed by atoms with van der Waals surface area (Å²) in [6, 6.07) is 1.69. The molecule has 0 fully saturated rings. The van der Waals surface area contributed by atoms with Gasteiger partial charge in [-0.3, -0.25) is 0 Å². The number of aryl methyl sites for hydroxylation is 1. The molecule has 7 heteroatoms. The quantitative estimate of drug-likeness (QED) is 0.709. The Morgan fingerprint density at radius 2 is 2.10 bits per heavy atom. The minimum absolute atomic E-state index is 0.139. The number of sulfonamides is 1. The highest BCUT2D eigenvalue weighted by molar-refractivity contribution is 7.89. The lowest BCUT2D eigenvalue weighted by atomic mass is 10.4. The topological polar surface area (TPSA) is 72.4 Å². The number of rotatable bonds is 9. The van der Waals surface area contributed by atoms with Crippen molar-refractivity contribution < 1.29 is 13.2 Å². The van der Waals surface area contributed by atoms with Gasteiger partial charge >= 0.3 is 0 Å². The molecule has 1 unspecified atom stereocenters. The molecule has 1 aromatic heterocycles. The Kier molecular flexibility index (Phi) is 6.67. The Morgan fingerprint density at radius 3 is 2.70 bits per heavy atom. The molecule has 0 aromatic carbocycles. The van der Waals surface area contributed by atoms with E-state index < -0.39 is 10.0 Å². The van der Waals surface area contributed by atoms with Gasteiger partial charge in [0.2, 0.25) is 10.0 Å². The fourth-order valence-electron chi connectivity index (χ4n) is 1.81. The van der Waals surface area contributed by atoms with Gasteiger partial charge < -0.3 is 14.6 Å². The van der Waals surface area contributed by atoms with E-state index in [-0.39, 0.29) is 17.5 Å². The first-order valence-electron chi connectivity index (χ1n) is 6.88. The summed E-state index contributed by atoms with van der Waals surface area (Å²) in [7, 11) is -1.64. The van der Waals surface area contributed by atoms with Crippen molar-refractivity contribution in [3.63, 3.8) is 0 Å². The SMILES string of the molecule is CCNCc1cc(S(=O)(=O)NCC(C)OCC)cn1C. The lowest BCUT2D eigenvalue weighted by Crippen LogP contribution is -2.32. The molecule has 0 saturated carbocycles. The average molecular weight is 303 g/mol. The van der Waals surface area contributed by atoms with E-state index in [1.54, 1.807) is 12.3 Å². The van der Waals surface area contributed by atoms with Gasteiger partial charge in [0.05, 0.1) is 11.0 Å². The molecule has 1 rings (SSSR count). The van der Waals surface area contributed by atoms with Gasteiger partial charge in [0.15, 0.2) is 0 Å². The van der Waals surface area contributed by atoms with Crippen molar-refractivity contribution in [1.82, 2.24) is 14.6 Å². The van der Waals surface area contributed by atoms with Crippen LogP contribution in [0, 0.1) is 0 Å². The number of hydrogen-bond donors (Lipinski definition) is 2.